The van der Waals surface area contributed by atoms with Crippen LogP contribution in [0.1, 0.15) is 16.1 Å². The maximum absolute atomic E-state index is 12.1. The van der Waals surface area contributed by atoms with Crippen LogP contribution in [0.25, 0.3) is 0 Å². The van der Waals surface area contributed by atoms with Crippen molar-refractivity contribution in [1.82, 2.24) is 9.97 Å². The van der Waals surface area contributed by atoms with Gasteiger partial charge in [0.1, 0.15) is 5.15 Å². The zero-order chi connectivity index (χ0) is 15.4. The third kappa shape index (κ3) is 4.24. The fourth-order valence-corrected chi connectivity index (χ4v) is 2.06. The minimum absolute atomic E-state index is 0.0890. The van der Waals surface area contributed by atoms with E-state index in [1.807, 2.05) is 0 Å². The summed E-state index contributed by atoms with van der Waals surface area (Å²) in [5.41, 5.74) is 1.06. The van der Waals surface area contributed by atoms with E-state index < -0.39 is 11.9 Å². The van der Waals surface area contributed by atoms with Gasteiger partial charge in [-0.2, -0.15) is 0 Å². The molecule has 0 unspecified atom stereocenters. The molecule has 0 fully saturated rings. The Morgan fingerprint density at radius 2 is 2.05 bits per heavy atom. The summed E-state index contributed by atoms with van der Waals surface area (Å²) in [7, 11) is 0. The summed E-state index contributed by atoms with van der Waals surface area (Å²) in [6, 6.07) is 4.66. The van der Waals surface area contributed by atoms with Crippen molar-refractivity contribution in [3.63, 3.8) is 0 Å². The van der Waals surface area contributed by atoms with Crippen LogP contribution >= 0.6 is 27.5 Å². The summed E-state index contributed by atoms with van der Waals surface area (Å²) in [6.07, 6.45) is 2.70. The summed E-state index contributed by atoms with van der Waals surface area (Å²) in [4.78, 5) is 30.4. The topological polar surface area (TPSA) is 92.2 Å². The monoisotopic (exact) mass is 369 g/mol. The number of aliphatic carboxylic acids is 1. The molecule has 2 N–H and O–H groups in total. The number of carboxylic acids is 1. The average molecular weight is 371 g/mol. The Morgan fingerprint density at radius 1 is 1.29 bits per heavy atom. The molecule has 108 valence electrons. The maximum atomic E-state index is 12.1. The molecule has 0 saturated heterocycles. The van der Waals surface area contributed by atoms with Gasteiger partial charge in [0.15, 0.2) is 0 Å². The van der Waals surface area contributed by atoms with Crippen LogP contribution < -0.4 is 5.32 Å². The lowest BCUT2D eigenvalue weighted by Crippen LogP contribution is -2.13. The van der Waals surface area contributed by atoms with Crippen molar-refractivity contribution in [2.24, 2.45) is 0 Å². The molecule has 2 rings (SSSR count). The van der Waals surface area contributed by atoms with Crippen molar-refractivity contribution in [3.05, 3.63) is 51.5 Å². The SMILES string of the molecule is O=C(O)Cc1ccc(NC(=O)c2cc(Br)cnc2Cl)cn1. The molecule has 2 aromatic heterocycles. The minimum atomic E-state index is -0.966. The van der Waals surface area contributed by atoms with Crippen LogP contribution in [0.5, 0.6) is 0 Å². The summed E-state index contributed by atoms with van der Waals surface area (Å²) < 4.78 is 0.631. The zero-order valence-electron chi connectivity index (χ0n) is 10.5. The van der Waals surface area contributed by atoms with Crippen molar-refractivity contribution in [1.29, 1.82) is 0 Å². The van der Waals surface area contributed by atoms with Gasteiger partial charge in [0.2, 0.25) is 0 Å². The van der Waals surface area contributed by atoms with Crippen LogP contribution in [0.15, 0.2) is 35.1 Å². The lowest BCUT2D eigenvalue weighted by Gasteiger charge is -2.07. The second-order valence-electron chi connectivity index (χ2n) is 4.05. The molecule has 6 nitrogen and oxygen atoms in total. The summed E-state index contributed by atoms with van der Waals surface area (Å²) in [6.45, 7) is 0. The van der Waals surface area contributed by atoms with Crippen molar-refractivity contribution in [2.75, 3.05) is 5.32 Å². The molecular weight excluding hydrogens is 362 g/mol. The van der Waals surface area contributed by atoms with E-state index in [4.69, 9.17) is 16.7 Å². The second-order valence-corrected chi connectivity index (χ2v) is 5.33. The number of rotatable bonds is 4. The maximum Gasteiger partial charge on any atom is 0.309 e. The fourth-order valence-electron chi connectivity index (χ4n) is 1.54. The van der Waals surface area contributed by atoms with Gasteiger partial charge in [-0.15, -0.1) is 0 Å². The summed E-state index contributed by atoms with van der Waals surface area (Å²) >= 11 is 9.08. The molecule has 21 heavy (non-hydrogen) atoms. The highest BCUT2D eigenvalue weighted by atomic mass is 79.9. The highest BCUT2D eigenvalue weighted by Gasteiger charge is 2.12. The number of halogens is 2. The first-order valence-corrected chi connectivity index (χ1v) is 6.92. The molecule has 8 heteroatoms. The van der Waals surface area contributed by atoms with E-state index in [2.05, 4.69) is 31.2 Å². The largest absolute Gasteiger partial charge is 0.481 e. The number of carbonyl (C=O) groups is 2. The Morgan fingerprint density at radius 3 is 2.67 bits per heavy atom. The second kappa shape index (κ2) is 6.64. The number of nitrogens with zero attached hydrogens (tertiary/aromatic N) is 2. The molecule has 0 spiro atoms. The smallest absolute Gasteiger partial charge is 0.309 e. The highest BCUT2D eigenvalue weighted by molar-refractivity contribution is 9.10. The van der Waals surface area contributed by atoms with Gasteiger partial charge in [-0.3, -0.25) is 14.6 Å². The van der Waals surface area contributed by atoms with Gasteiger partial charge in [0, 0.05) is 10.7 Å². The van der Waals surface area contributed by atoms with Crippen LogP contribution in [0.3, 0.4) is 0 Å². The number of aromatic nitrogens is 2. The molecule has 2 heterocycles. The number of nitrogens with one attached hydrogen (secondary N) is 1. The lowest BCUT2D eigenvalue weighted by molar-refractivity contribution is -0.136. The third-order valence-electron chi connectivity index (χ3n) is 2.47. The number of hydrogen-bond donors (Lipinski definition) is 2. The number of anilines is 1. The molecule has 0 radical (unpaired) electrons. The Balaban J connectivity index is 2.12. The molecule has 0 aliphatic heterocycles. The van der Waals surface area contributed by atoms with E-state index >= 15 is 0 Å². The van der Waals surface area contributed by atoms with E-state index in [0.29, 0.717) is 15.9 Å². The first-order chi connectivity index (χ1) is 9.95. The Kier molecular flexibility index (Phi) is 4.87. The molecule has 0 atom stereocenters. The van der Waals surface area contributed by atoms with Crippen LogP contribution in [-0.4, -0.2) is 27.0 Å². The van der Waals surface area contributed by atoms with Gasteiger partial charge >= 0.3 is 5.97 Å². The number of amides is 1. The molecule has 2 aromatic rings. The standard InChI is InChI=1S/C13H9BrClN3O3/c14-7-3-10(12(15)17-5-7)13(21)18-9-2-1-8(16-6-9)4-11(19)20/h1-3,5-6H,4H2,(H,18,21)(H,19,20). The summed E-state index contributed by atoms with van der Waals surface area (Å²) in [5, 5.41) is 11.4. The van der Waals surface area contributed by atoms with E-state index in [0.717, 1.165) is 0 Å². The van der Waals surface area contributed by atoms with Gasteiger partial charge in [0.05, 0.1) is 29.6 Å². The molecule has 0 saturated carbocycles. The van der Waals surface area contributed by atoms with E-state index in [9.17, 15) is 9.59 Å². The number of carbonyl (C=O) groups excluding carboxylic acids is 1. The van der Waals surface area contributed by atoms with Crippen LogP contribution in [0, 0.1) is 0 Å². The first kappa shape index (κ1) is 15.4. The van der Waals surface area contributed by atoms with Crippen molar-refractivity contribution in [2.45, 2.75) is 6.42 Å². The van der Waals surface area contributed by atoms with E-state index in [1.165, 1.54) is 18.5 Å². The van der Waals surface area contributed by atoms with Crippen LogP contribution in [0.4, 0.5) is 5.69 Å². The fraction of sp³-hybridized carbons (Fsp3) is 0.0769. The van der Waals surface area contributed by atoms with Crippen molar-refractivity contribution >= 4 is 45.1 Å². The first-order valence-electron chi connectivity index (χ1n) is 5.75. The van der Waals surface area contributed by atoms with Crippen molar-refractivity contribution < 1.29 is 14.7 Å². The predicted molar refractivity (Wildman–Crippen MR) is 80.5 cm³/mol. The van der Waals surface area contributed by atoms with Crippen LogP contribution in [-0.2, 0) is 11.2 Å². The molecule has 0 aliphatic rings. The highest BCUT2D eigenvalue weighted by Crippen LogP contribution is 2.19. The quantitative estimate of drug-likeness (QED) is 0.807. The van der Waals surface area contributed by atoms with Gasteiger partial charge in [-0.05, 0) is 34.1 Å². The lowest BCUT2D eigenvalue weighted by atomic mass is 10.2. The Bertz CT molecular complexity index is 692. The molecule has 0 bridgehead atoms. The molecular formula is C13H9BrClN3O3. The van der Waals surface area contributed by atoms with Gasteiger partial charge < -0.3 is 10.4 Å². The number of carboxylic acid groups (broad SMARTS) is 1. The average Bonchev–Trinajstić information content (AvgIpc) is 2.43. The minimum Gasteiger partial charge on any atom is -0.481 e. The Labute approximate surface area is 133 Å². The third-order valence-corrected chi connectivity index (χ3v) is 3.20. The van der Waals surface area contributed by atoms with E-state index in [1.54, 1.807) is 12.1 Å². The molecule has 0 aromatic carbocycles. The van der Waals surface area contributed by atoms with Gasteiger partial charge in [0.25, 0.3) is 5.91 Å². The zero-order valence-corrected chi connectivity index (χ0v) is 12.8. The molecule has 1 amide bonds. The Hall–Kier alpha value is -1.99. The van der Waals surface area contributed by atoms with Crippen molar-refractivity contribution in [3.8, 4) is 0 Å². The number of pyridine rings is 2. The predicted octanol–water partition coefficient (Wildman–Crippen LogP) is 2.77. The van der Waals surface area contributed by atoms with Crippen LogP contribution in [0.2, 0.25) is 5.15 Å². The van der Waals surface area contributed by atoms with Gasteiger partial charge in [-0.25, -0.2) is 4.98 Å². The summed E-state index contributed by atoms with van der Waals surface area (Å²) in [5.74, 6) is -1.40. The van der Waals surface area contributed by atoms with Gasteiger partial charge in [-0.1, -0.05) is 11.6 Å². The molecule has 0 aliphatic carbocycles. The van der Waals surface area contributed by atoms with E-state index in [-0.39, 0.29) is 17.1 Å². The number of hydrogen-bond acceptors (Lipinski definition) is 4. The normalized spacial score (nSPS) is 10.2.